The normalized spacial score (nSPS) is 21.4. The first-order valence-electron chi connectivity index (χ1n) is 7.31. The summed E-state index contributed by atoms with van der Waals surface area (Å²) in [5.74, 6) is 0.122. The first-order valence-corrected chi connectivity index (χ1v) is 10.0. The number of aromatic nitrogens is 3. The Bertz CT molecular complexity index is 833. The third-order valence-electron chi connectivity index (χ3n) is 4.02. The maximum absolute atomic E-state index is 12.6. The van der Waals surface area contributed by atoms with Crippen LogP contribution in [0, 0.1) is 0 Å². The number of fused-ring (bicyclic) bond motifs is 1. The highest BCUT2D eigenvalue weighted by Gasteiger charge is 2.34. The predicted molar refractivity (Wildman–Crippen MR) is 88.1 cm³/mol. The van der Waals surface area contributed by atoms with E-state index in [1.807, 2.05) is 28.8 Å². The minimum Gasteiger partial charge on any atom is -0.341 e. The second-order valence-electron chi connectivity index (χ2n) is 5.68. The quantitative estimate of drug-likeness (QED) is 0.757. The van der Waals surface area contributed by atoms with Crippen molar-refractivity contribution < 1.29 is 13.2 Å². The van der Waals surface area contributed by atoms with Crippen molar-refractivity contribution in [3.63, 3.8) is 0 Å². The molecular formula is C14H18N4O3S2. The van der Waals surface area contributed by atoms with Gasteiger partial charge in [-0.15, -0.1) is 10.2 Å². The number of rotatable bonds is 4. The number of sulfone groups is 1. The Hall–Kier alpha value is -1.61. The Labute approximate surface area is 139 Å². The van der Waals surface area contributed by atoms with Crippen LogP contribution in [0.25, 0.3) is 5.65 Å². The van der Waals surface area contributed by atoms with Gasteiger partial charge in [0.05, 0.1) is 16.8 Å². The van der Waals surface area contributed by atoms with E-state index in [1.54, 1.807) is 18.9 Å². The molecule has 2 aromatic rings. The Morgan fingerprint density at radius 1 is 1.43 bits per heavy atom. The molecule has 9 heteroatoms. The van der Waals surface area contributed by atoms with Crippen LogP contribution >= 0.6 is 11.8 Å². The highest BCUT2D eigenvalue weighted by atomic mass is 32.2. The van der Waals surface area contributed by atoms with Crippen LogP contribution in [0.5, 0.6) is 0 Å². The van der Waals surface area contributed by atoms with Gasteiger partial charge in [-0.25, -0.2) is 8.42 Å². The fourth-order valence-electron chi connectivity index (χ4n) is 2.66. The van der Waals surface area contributed by atoms with Gasteiger partial charge < -0.3 is 4.90 Å². The van der Waals surface area contributed by atoms with Gasteiger partial charge in [-0.3, -0.25) is 9.20 Å². The third kappa shape index (κ3) is 3.35. The summed E-state index contributed by atoms with van der Waals surface area (Å²) < 4.78 is 25.0. The highest BCUT2D eigenvalue weighted by Crippen LogP contribution is 2.25. The van der Waals surface area contributed by atoms with Crippen LogP contribution in [0.4, 0.5) is 0 Å². The van der Waals surface area contributed by atoms with Gasteiger partial charge in [0.15, 0.2) is 20.6 Å². The number of nitrogens with zero attached hydrogens (tertiary/aromatic N) is 4. The smallest absolute Gasteiger partial charge is 0.235 e. The maximum atomic E-state index is 12.6. The molecule has 1 aliphatic rings. The molecule has 3 heterocycles. The summed E-state index contributed by atoms with van der Waals surface area (Å²) in [5, 5.41) is 8.45. The van der Waals surface area contributed by atoms with E-state index in [0.29, 0.717) is 11.6 Å². The van der Waals surface area contributed by atoms with E-state index in [4.69, 9.17) is 0 Å². The zero-order valence-corrected chi connectivity index (χ0v) is 14.5. The Kier molecular flexibility index (Phi) is 4.33. The van der Waals surface area contributed by atoms with E-state index in [2.05, 4.69) is 10.2 Å². The number of hydrogen-bond acceptors (Lipinski definition) is 6. The van der Waals surface area contributed by atoms with Crippen molar-refractivity contribution in [3.05, 3.63) is 24.4 Å². The lowest BCUT2D eigenvalue weighted by Crippen LogP contribution is -2.41. The number of thioether (sulfide) groups is 1. The number of pyridine rings is 1. The average Bonchev–Trinajstić information content (AvgIpc) is 3.09. The van der Waals surface area contributed by atoms with Crippen molar-refractivity contribution in [3.8, 4) is 0 Å². The molecule has 0 saturated carbocycles. The SMILES string of the molecule is C[C@H](Sc1nnc2ccccn12)C(=O)N(C)[C@@H]1CCS(=O)(=O)C1. The Morgan fingerprint density at radius 3 is 2.91 bits per heavy atom. The van der Waals surface area contributed by atoms with E-state index in [9.17, 15) is 13.2 Å². The maximum Gasteiger partial charge on any atom is 0.235 e. The van der Waals surface area contributed by atoms with Crippen LogP contribution in [0.3, 0.4) is 0 Å². The molecule has 0 unspecified atom stereocenters. The average molecular weight is 354 g/mol. The van der Waals surface area contributed by atoms with Gasteiger partial charge in [0, 0.05) is 19.3 Å². The summed E-state index contributed by atoms with van der Waals surface area (Å²) in [6.07, 6.45) is 2.36. The van der Waals surface area contributed by atoms with Crippen LogP contribution in [0.15, 0.2) is 29.6 Å². The van der Waals surface area contributed by atoms with Gasteiger partial charge in [0.2, 0.25) is 5.91 Å². The molecule has 0 bridgehead atoms. The fraction of sp³-hybridized carbons (Fsp3) is 0.500. The van der Waals surface area contributed by atoms with E-state index < -0.39 is 9.84 Å². The minimum absolute atomic E-state index is 0.0560. The molecule has 23 heavy (non-hydrogen) atoms. The molecule has 124 valence electrons. The van der Waals surface area contributed by atoms with Crippen LogP contribution in [0.2, 0.25) is 0 Å². The molecule has 0 aliphatic carbocycles. The predicted octanol–water partition coefficient (Wildman–Crippen LogP) is 0.855. The van der Waals surface area contributed by atoms with Crippen molar-refractivity contribution in [1.82, 2.24) is 19.5 Å². The van der Waals surface area contributed by atoms with E-state index >= 15 is 0 Å². The summed E-state index contributed by atoms with van der Waals surface area (Å²) in [6, 6.07) is 5.37. The van der Waals surface area contributed by atoms with Gasteiger partial charge in [0.25, 0.3) is 0 Å². The van der Waals surface area contributed by atoms with E-state index in [0.717, 1.165) is 5.65 Å². The Morgan fingerprint density at radius 2 is 2.22 bits per heavy atom. The van der Waals surface area contributed by atoms with Crippen LogP contribution in [0.1, 0.15) is 13.3 Å². The zero-order valence-electron chi connectivity index (χ0n) is 12.9. The molecule has 1 amide bonds. The van der Waals surface area contributed by atoms with Crippen molar-refractivity contribution in [2.45, 2.75) is 29.8 Å². The molecule has 1 aliphatic heterocycles. The topological polar surface area (TPSA) is 84.6 Å². The minimum atomic E-state index is -3.01. The molecule has 2 atom stereocenters. The fourth-order valence-corrected chi connectivity index (χ4v) is 5.37. The monoisotopic (exact) mass is 354 g/mol. The molecule has 0 N–H and O–H groups in total. The van der Waals surface area contributed by atoms with Crippen LogP contribution in [-0.2, 0) is 14.6 Å². The van der Waals surface area contributed by atoms with E-state index in [1.165, 1.54) is 11.8 Å². The standard InChI is InChI=1S/C14H18N4O3S2/c1-10(13(19)17(2)11-6-8-23(20,21)9-11)22-14-16-15-12-5-3-4-7-18(12)14/h3-5,7,10-11H,6,8-9H2,1-2H3/t10-,11+/m0/s1. The lowest BCUT2D eigenvalue weighted by atomic mass is 10.2. The Balaban J connectivity index is 1.70. The van der Waals surface area contributed by atoms with Gasteiger partial charge in [-0.1, -0.05) is 17.8 Å². The number of amides is 1. The van der Waals surface area contributed by atoms with E-state index in [-0.39, 0.29) is 28.7 Å². The lowest BCUT2D eigenvalue weighted by molar-refractivity contribution is -0.130. The lowest BCUT2D eigenvalue weighted by Gasteiger charge is -2.26. The highest BCUT2D eigenvalue weighted by molar-refractivity contribution is 8.00. The summed E-state index contributed by atoms with van der Waals surface area (Å²) in [4.78, 5) is 14.1. The molecule has 3 rings (SSSR count). The van der Waals surface area contributed by atoms with Gasteiger partial charge in [-0.05, 0) is 25.5 Å². The largest absolute Gasteiger partial charge is 0.341 e. The molecule has 0 aromatic carbocycles. The molecule has 1 saturated heterocycles. The molecule has 0 spiro atoms. The molecule has 2 aromatic heterocycles. The molecule has 7 nitrogen and oxygen atoms in total. The summed E-state index contributed by atoms with van der Waals surface area (Å²) in [5.41, 5.74) is 0.727. The number of hydrogen-bond donors (Lipinski definition) is 0. The molecule has 0 radical (unpaired) electrons. The summed E-state index contributed by atoms with van der Waals surface area (Å²) in [7, 11) is -1.33. The zero-order chi connectivity index (χ0) is 16.6. The molecular weight excluding hydrogens is 336 g/mol. The first-order chi connectivity index (χ1) is 10.9. The van der Waals surface area contributed by atoms with Crippen LogP contribution in [-0.4, -0.2) is 63.7 Å². The van der Waals surface area contributed by atoms with Gasteiger partial charge >= 0.3 is 0 Å². The van der Waals surface area contributed by atoms with Crippen molar-refractivity contribution >= 4 is 33.2 Å². The molecule has 1 fully saturated rings. The number of carbonyl (C=O) groups is 1. The van der Waals surface area contributed by atoms with Crippen molar-refractivity contribution in [1.29, 1.82) is 0 Å². The van der Waals surface area contributed by atoms with Crippen molar-refractivity contribution in [2.24, 2.45) is 0 Å². The summed E-state index contributed by atoms with van der Waals surface area (Å²) in [6.45, 7) is 1.80. The third-order valence-corrected chi connectivity index (χ3v) is 6.81. The van der Waals surface area contributed by atoms with Gasteiger partial charge in [0.1, 0.15) is 0 Å². The second kappa shape index (κ2) is 6.12. The van der Waals surface area contributed by atoms with Gasteiger partial charge in [-0.2, -0.15) is 0 Å². The number of carbonyl (C=O) groups excluding carboxylic acids is 1. The second-order valence-corrected chi connectivity index (χ2v) is 9.21. The van der Waals surface area contributed by atoms with Crippen molar-refractivity contribution in [2.75, 3.05) is 18.6 Å². The first kappa shape index (κ1) is 16.3. The summed E-state index contributed by atoms with van der Waals surface area (Å²) >= 11 is 1.32. The van der Waals surface area contributed by atoms with Crippen LogP contribution < -0.4 is 0 Å².